The quantitative estimate of drug-likeness (QED) is 0.646. The highest BCUT2D eigenvalue weighted by Crippen LogP contribution is 2.66. The molecule has 0 amide bonds. The third-order valence-electron chi connectivity index (χ3n) is 5.19. The maximum absolute atomic E-state index is 2.39. The van der Waals surface area contributed by atoms with Crippen LogP contribution >= 0.6 is 7.92 Å². The fourth-order valence-corrected chi connectivity index (χ4v) is 8.30. The van der Waals surface area contributed by atoms with Crippen LogP contribution in [-0.4, -0.2) is 11.8 Å². The molecule has 0 N–H and O–H groups in total. The lowest BCUT2D eigenvalue weighted by atomic mass is 9.87. The molecular formula is C15H19P. The van der Waals surface area contributed by atoms with Gasteiger partial charge in [-0.25, -0.2) is 0 Å². The van der Waals surface area contributed by atoms with E-state index in [1.54, 1.807) is 31.0 Å². The van der Waals surface area contributed by atoms with Gasteiger partial charge in [-0.3, -0.25) is 0 Å². The summed E-state index contributed by atoms with van der Waals surface area (Å²) >= 11 is 0. The Bertz CT molecular complexity index is 386. The van der Waals surface area contributed by atoms with Gasteiger partial charge in [0.25, 0.3) is 0 Å². The third-order valence-corrected chi connectivity index (χ3v) is 8.42. The summed E-state index contributed by atoms with van der Waals surface area (Å²) in [6.45, 7) is 0. The number of hydrogen-bond donors (Lipinski definition) is 0. The molecule has 84 valence electrons. The molecule has 2 bridgehead atoms. The van der Waals surface area contributed by atoms with Crippen molar-refractivity contribution in [3.8, 4) is 0 Å². The van der Waals surface area contributed by atoms with E-state index in [9.17, 15) is 0 Å². The third kappa shape index (κ3) is 1.26. The first-order valence-electron chi connectivity index (χ1n) is 6.75. The van der Waals surface area contributed by atoms with E-state index in [2.05, 4.69) is 30.3 Å². The first kappa shape index (κ1) is 9.66. The van der Waals surface area contributed by atoms with Gasteiger partial charge in [-0.2, -0.15) is 0 Å². The van der Waals surface area contributed by atoms with E-state index in [0.29, 0.717) is 0 Å². The highest BCUT2D eigenvalue weighted by Gasteiger charge is 2.53. The summed E-state index contributed by atoms with van der Waals surface area (Å²) in [5, 5.41) is 1.69. The van der Waals surface area contributed by atoms with Crippen molar-refractivity contribution in [1.29, 1.82) is 0 Å². The maximum atomic E-state index is 2.39. The van der Waals surface area contributed by atoms with Gasteiger partial charge in [0.15, 0.2) is 0 Å². The lowest BCUT2D eigenvalue weighted by molar-refractivity contribution is 0.349. The minimum absolute atomic E-state index is 0.205. The van der Waals surface area contributed by atoms with E-state index in [1.807, 2.05) is 0 Å². The topological polar surface area (TPSA) is 0 Å². The molecule has 4 unspecified atom stereocenters. The summed E-state index contributed by atoms with van der Waals surface area (Å²) in [6, 6.07) is 11.4. The Balaban J connectivity index is 1.67. The molecule has 1 saturated heterocycles. The minimum Gasteiger partial charge on any atom is -0.0716 e. The van der Waals surface area contributed by atoms with Crippen LogP contribution in [0.2, 0.25) is 0 Å². The van der Waals surface area contributed by atoms with E-state index in [4.69, 9.17) is 0 Å². The number of fused-ring (bicyclic) bond motifs is 5. The van der Waals surface area contributed by atoms with Crippen LogP contribution in [0.15, 0.2) is 30.3 Å². The van der Waals surface area contributed by atoms with Crippen molar-refractivity contribution in [2.45, 2.75) is 31.3 Å². The van der Waals surface area contributed by atoms with Crippen molar-refractivity contribution < 1.29 is 0 Å². The molecule has 4 rings (SSSR count). The second kappa shape index (κ2) is 3.57. The van der Waals surface area contributed by atoms with Gasteiger partial charge < -0.3 is 0 Å². The minimum atomic E-state index is 0.205. The molecule has 0 radical (unpaired) electrons. The largest absolute Gasteiger partial charge is 0.0716 e. The number of hydrogen-bond acceptors (Lipinski definition) is 0. The summed E-state index contributed by atoms with van der Waals surface area (Å²) in [6.07, 6.45) is 7.77. The van der Waals surface area contributed by atoms with Gasteiger partial charge in [-0.15, -0.1) is 0 Å². The zero-order valence-electron chi connectivity index (χ0n) is 9.68. The second-order valence-corrected chi connectivity index (χ2v) is 8.30. The van der Waals surface area contributed by atoms with Crippen molar-refractivity contribution in [2.24, 2.45) is 17.8 Å². The van der Waals surface area contributed by atoms with E-state index in [-0.39, 0.29) is 7.92 Å². The SMILES string of the molecule is c1ccc(P2CC[C@@H]3C4CCC(C4)C32)cc1. The molecule has 1 aliphatic heterocycles. The Hall–Kier alpha value is -0.350. The Kier molecular flexibility index (Phi) is 2.15. The molecule has 0 aromatic heterocycles. The molecule has 0 spiro atoms. The Morgan fingerprint density at radius 1 is 0.938 bits per heavy atom. The molecule has 3 aliphatic rings. The molecule has 1 aromatic carbocycles. The molecule has 5 atom stereocenters. The molecule has 2 aliphatic carbocycles. The van der Waals surface area contributed by atoms with Crippen molar-refractivity contribution in [2.75, 3.05) is 6.16 Å². The number of rotatable bonds is 1. The van der Waals surface area contributed by atoms with Crippen molar-refractivity contribution in [3.05, 3.63) is 30.3 Å². The molecule has 3 fully saturated rings. The molecule has 16 heavy (non-hydrogen) atoms. The second-order valence-electron chi connectivity index (χ2n) is 5.81. The summed E-state index contributed by atoms with van der Waals surface area (Å²) < 4.78 is 0. The van der Waals surface area contributed by atoms with Crippen molar-refractivity contribution >= 4 is 13.2 Å². The fraction of sp³-hybridized carbons (Fsp3) is 0.600. The predicted octanol–water partition coefficient (Wildman–Crippen LogP) is 3.61. The Labute approximate surface area is 99.2 Å². The van der Waals surface area contributed by atoms with Crippen LogP contribution in [-0.2, 0) is 0 Å². The van der Waals surface area contributed by atoms with Crippen LogP contribution < -0.4 is 5.30 Å². The Morgan fingerprint density at radius 2 is 1.75 bits per heavy atom. The standard InChI is InChI=1S/C15H19P/c1-2-4-13(5-3-1)16-9-8-14-11-6-7-12(10-11)15(14)16/h1-5,11-12,14-15H,6-10H2/t11?,12?,14-,15?,16?/m1/s1. The zero-order valence-corrected chi connectivity index (χ0v) is 10.6. The van der Waals surface area contributed by atoms with Gasteiger partial charge >= 0.3 is 0 Å². The normalized spacial score (nSPS) is 44.9. The van der Waals surface area contributed by atoms with E-state index in [1.165, 1.54) is 6.16 Å². The van der Waals surface area contributed by atoms with E-state index < -0.39 is 0 Å². The molecule has 0 nitrogen and oxygen atoms in total. The van der Waals surface area contributed by atoms with Gasteiger partial charge in [-0.1, -0.05) is 38.3 Å². The predicted molar refractivity (Wildman–Crippen MR) is 70.6 cm³/mol. The van der Waals surface area contributed by atoms with Gasteiger partial charge in [-0.05, 0) is 60.6 Å². The molecule has 1 heteroatoms. The van der Waals surface area contributed by atoms with Gasteiger partial charge in [0, 0.05) is 0 Å². The summed E-state index contributed by atoms with van der Waals surface area (Å²) in [4.78, 5) is 0. The zero-order chi connectivity index (χ0) is 10.5. The van der Waals surface area contributed by atoms with Gasteiger partial charge in [0.1, 0.15) is 0 Å². The van der Waals surface area contributed by atoms with Crippen molar-refractivity contribution in [3.63, 3.8) is 0 Å². The fourth-order valence-electron chi connectivity index (χ4n) is 4.63. The average Bonchev–Trinajstić information content (AvgIpc) is 3.03. The van der Waals surface area contributed by atoms with Crippen LogP contribution in [0.25, 0.3) is 0 Å². The van der Waals surface area contributed by atoms with Gasteiger partial charge in [0.2, 0.25) is 0 Å². The summed E-state index contributed by atoms with van der Waals surface area (Å²) in [5.41, 5.74) is 1.12. The summed E-state index contributed by atoms with van der Waals surface area (Å²) in [7, 11) is 0.205. The average molecular weight is 230 g/mol. The lowest BCUT2D eigenvalue weighted by Crippen LogP contribution is -2.23. The summed E-state index contributed by atoms with van der Waals surface area (Å²) in [5.74, 6) is 3.38. The van der Waals surface area contributed by atoms with Crippen LogP contribution in [0, 0.1) is 17.8 Å². The van der Waals surface area contributed by atoms with E-state index in [0.717, 1.165) is 23.4 Å². The first-order valence-corrected chi connectivity index (χ1v) is 8.35. The molecular weight excluding hydrogens is 211 g/mol. The van der Waals surface area contributed by atoms with Crippen LogP contribution in [0.3, 0.4) is 0 Å². The molecule has 1 heterocycles. The maximum Gasteiger partial charge on any atom is -0.0109 e. The Morgan fingerprint density at radius 3 is 2.62 bits per heavy atom. The van der Waals surface area contributed by atoms with E-state index >= 15 is 0 Å². The van der Waals surface area contributed by atoms with Gasteiger partial charge in [0.05, 0.1) is 0 Å². The number of benzene rings is 1. The smallest absolute Gasteiger partial charge is 0.0109 e. The van der Waals surface area contributed by atoms with Crippen molar-refractivity contribution in [1.82, 2.24) is 0 Å². The molecule has 1 aromatic rings. The monoisotopic (exact) mass is 230 g/mol. The highest BCUT2D eigenvalue weighted by atomic mass is 31.1. The van der Waals surface area contributed by atoms with Crippen LogP contribution in [0.4, 0.5) is 0 Å². The molecule has 2 saturated carbocycles. The van der Waals surface area contributed by atoms with Crippen LogP contribution in [0.1, 0.15) is 25.7 Å². The lowest BCUT2D eigenvalue weighted by Gasteiger charge is -2.29. The highest BCUT2D eigenvalue weighted by molar-refractivity contribution is 7.66. The van der Waals surface area contributed by atoms with Crippen LogP contribution in [0.5, 0.6) is 0 Å². The first-order chi connectivity index (χ1) is 7.93.